The van der Waals surface area contributed by atoms with Crippen molar-refractivity contribution in [3.8, 4) is 0 Å². The Bertz CT molecular complexity index is 733. The van der Waals surface area contributed by atoms with Gasteiger partial charge in [0.2, 0.25) is 5.13 Å². The summed E-state index contributed by atoms with van der Waals surface area (Å²) >= 11 is 3.10. The highest BCUT2D eigenvalue weighted by molar-refractivity contribution is 8.01. The summed E-state index contributed by atoms with van der Waals surface area (Å²) in [4.78, 5) is 4.29. The zero-order valence-corrected chi connectivity index (χ0v) is 13.2. The average molecular weight is 332 g/mol. The Hall–Kier alpha value is -1.99. The van der Waals surface area contributed by atoms with E-state index in [4.69, 9.17) is 0 Å². The minimum atomic E-state index is -0.278. The first-order chi connectivity index (χ1) is 10.8. The predicted molar refractivity (Wildman–Crippen MR) is 88.3 cm³/mol. The fraction of sp³-hybridized carbons (Fsp3) is 0.133. The minimum Gasteiger partial charge on any atom is -0.330 e. The molecule has 0 fully saturated rings. The molecule has 2 aromatic heterocycles. The molecule has 0 aliphatic rings. The molecule has 0 aliphatic heterocycles. The number of thioether (sulfide) groups is 1. The molecule has 0 spiro atoms. The van der Waals surface area contributed by atoms with Crippen LogP contribution in [-0.2, 0) is 6.42 Å². The van der Waals surface area contributed by atoms with Gasteiger partial charge in [0.25, 0.3) is 0 Å². The van der Waals surface area contributed by atoms with Crippen LogP contribution in [0.25, 0.3) is 0 Å². The zero-order chi connectivity index (χ0) is 15.2. The van der Waals surface area contributed by atoms with Crippen molar-refractivity contribution >= 4 is 33.9 Å². The van der Waals surface area contributed by atoms with Gasteiger partial charge in [-0.2, -0.15) is 0 Å². The summed E-state index contributed by atoms with van der Waals surface area (Å²) in [7, 11) is 0. The monoisotopic (exact) mass is 332 g/mol. The Morgan fingerprint density at radius 2 is 2.09 bits per heavy atom. The van der Waals surface area contributed by atoms with E-state index in [0.29, 0.717) is 10.8 Å². The lowest BCUT2D eigenvalue weighted by atomic mass is 10.3. The Morgan fingerprint density at radius 3 is 2.91 bits per heavy atom. The van der Waals surface area contributed by atoms with E-state index in [9.17, 15) is 4.39 Å². The van der Waals surface area contributed by atoms with Crippen molar-refractivity contribution in [1.29, 1.82) is 0 Å². The number of halogens is 1. The van der Waals surface area contributed by atoms with E-state index in [2.05, 4.69) is 20.5 Å². The van der Waals surface area contributed by atoms with Crippen LogP contribution in [-0.4, -0.2) is 20.9 Å². The van der Waals surface area contributed by atoms with Gasteiger partial charge in [-0.15, -0.1) is 10.2 Å². The van der Waals surface area contributed by atoms with Crippen LogP contribution in [0.1, 0.15) is 5.69 Å². The molecule has 3 rings (SSSR count). The van der Waals surface area contributed by atoms with Crippen molar-refractivity contribution in [1.82, 2.24) is 15.2 Å². The Morgan fingerprint density at radius 1 is 1.14 bits per heavy atom. The molecule has 0 saturated heterocycles. The van der Waals surface area contributed by atoms with E-state index >= 15 is 0 Å². The first-order valence-electron chi connectivity index (χ1n) is 6.68. The molecule has 0 atom stereocenters. The average Bonchev–Trinajstić information content (AvgIpc) is 2.96. The highest BCUT2D eigenvalue weighted by Gasteiger charge is 2.06. The van der Waals surface area contributed by atoms with Crippen molar-refractivity contribution in [3.05, 3.63) is 60.2 Å². The maximum absolute atomic E-state index is 13.1. The van der Waals surface area contributed by atoms with Crippen molar-refractivity contribution < 1.29 is 4.39 Å². The van der Waals surface area contributed by atoms with Gasteiger partial charge >= 0.3 is 0 Å². The quantitative estimate of drug-likeness (QED) is 0.687. The van der Waals surface area contributed by atoms with Crippen LogP contribution in [0, 0.1) is 5.82 Å². The molecule has 0 aliphatic carbocycles. The topological polar surface area (TPSA) is 50.7 Å². The third kappa shape index (κ3) is 4.25. The lowest BCUT2D eigenvalue weighted by Crippen LogP contribution is -1.91. The summed E-state index contributed by atoms with van der Waals surface area (Å²) in [5, 5.41) is 11.9. The molecule has 0 saturated carbocycles. The van der Waals surface area contributed by atoms with Crippen LogP contribution in [0.3, 0.4) is 0 Å². The van der Waals surface area contributed by atoms with Crippen molar-refractivity contribution in [2.75, 3.05) is 11.1 Å². The smallest absolute Gasteiger partial charge is 0.210 e. The summed E-state index contributed by atoms with van der Waals surface area (Å²) in [6.45, 7) is 0. The molecule has 2 heterocycles. The Balaban J connectivity index is 1.53. The van der Waals surface area contributed by atoms with E-state index in [-0.39, 0.29) is 5.82 Å². The number of benzene rings is 1. The van der Waals surface area contributed by atoms with Crippen LogP contribution in [0.2, 0.25) is 0 Å². The lowest BCUT2D eigenvalue weighted by molar-refractivity contribution is 0.628. The third-order valence-electron chi connectivity index (χ3n) is 2.79. The van der Waals surface area contributed by atoms with Crippen molar-refractivity contribution in [3.63, 3.8) is 0 Å². The molecular formula is C15H13FN4S2. The normalized spacial score (nSPS) is 10.6. The first kappa shape index (κ1) is 14.9. The summed E-state index contributed by atoms with van der Waals surface area (Å²) in [6.07, 6.45) is 2.68. The molecule has 0 unspecified atom stereocenters. The van der Waals surface area contributed by atoms with Gasteiger partial charge in [0.15, 0.2) is 4.34 Å². The summed E-state index contributed by atoms with van der Waals surface area (Å²) < 4.78 is 14.0. The van der Waals surface area contributed by atoms with E-state index in [1.807, 2.05) is 18.2 Å². The summed E-state index contributed by atoms with van der Waals surface area (Å²) in [6, 6.07) is 12.2. The number of aromatic nitrogens is 3. The van der Waals surface area contributed by atoms with Gasteiger partial charge in [-0.3, -0.25) is 4.98 Å². The van der Waals surface area contributed by atoms with Gasteiger partial charge in [0.05, 0.1) is 0 Å². The fourth-order valence-electron chi connectivity index (χ4n) is 1.80. The number of anilines is 2. The fourth-order valence-corrected chi connectivity index (χ4v) is 3.60. The van der Waals surface area contributed by atoms with Crippen LogP contribution in [0.4, 0.5) is 15.2 Å². The Labute approximate surface area is 135 Å². The number of rotatable bonds is 6. The zero-order valence-electron chi connectivity index (χ0n) is 11.6. The SMILES string of the molecule is Fc1cccc(Nc2nnc(SCCc3ccccn3)s2)c1. The first-order valence-corrected chi connectivity index (χ1v) is 8.48. The van der Waals surface area contributed by atoms with Crippen LogP contribution < -0.4 is 5.32 Å². The van der Waals surface area contributed by atoms with E-state index in [1.165, 1.54) is 23.5 Å². The maximum atomic E-state index is 13.1. The number of nitrogens with zero attached hydrogens (tertiary/aromatic N) is 3. The van der Waals surface area contributed by atoms with Gasteiger partial charge in [-0.1, -0.05) is 35.2 Å². The van der Waals surface area contributed by atoms with E-state index in [0.717, 1.165) is 22.2 Å². The molecule has 112 valence electrons. The standard InChI is InChI=1S/C15H13FN4S2/c16-11-4-3-6-13(10-11)18-14-19-20-15(22-14)21-9-7-12-5-1-2-8-17-12/h1-6,8,10H,7,9H2,(H,18,19). The van der Waals surface area contributed by atoms with Gasteiger partial charge in [-0.05, 0) is 36.8 Å². The second-order valence-electron chi connectivity index (χ2n) is 4.43. The molecule has 4 nitrogen and oxygen atoms in total. The van der Waals surface area contributed by atoms with E-state index < -0.39 is 0 Å². The molecule has 0 radical (unpaired) electrons. The van der Waals surface area contributed by atoms with Crippen LogP contribution in [0.5, 0.6) is 0 Å². The molecule has 7 heteroatoms. The second-order valence-corrected chi connectivity index (χ2v) is 6.75. The molecular weight excluding hydrogens is 319 g/mol. The molecule has 3 aromatic rings. The highest BCUT2D eigenvalue weighted by atomic mass is 32.2. The van der Waals surface area contributed by atoms with E-state index in [1.54, 1.807) is 30.1 Å². The van der Waals surface area contributed by atoms with Gasteiger partial charge in [0.1, 0.15) is 5.82 Å². The second kappa shape index (κ2) is 7.33. The lowest BCUT2D eigenvalue weighted by Gasteiger charge is -2.00. The molecule has 1 N–H and O–H groups in total. The van der Waals surface area contributed by atoms with Gasteiger partial charge in [-0.25, -0.2) is 4.39 Å². The Kier molecular flexibility index (Phi) is 4.97. The summed E-state index contributed by atoms with van der Waals surface area (Å²) in [5.41, 5.74) is 1.74. The molecule has 0 bridgehead atoms. The van der Waals surface area contributed by atoms with Gasteiger partial charge in [0, 0.05) is 23.3 Å². The van der Waals surface area contributed by atoms with Crippen LogP contribution in [0.15, 0.2) is 53.0 Å². The van der Waals surface area contributed by atoms with Crippen molar-refractivity contribution in [2.45, 2.75) is 10.8 Å². The largest absolute Gasteiger partial charge is 0.330 e. The maximum Gasteiger partial charge on any atom is 0.210 e. The summed E-state index contributed by atoms with van der Waals surface area (Å²) in [5.74, 6) is 0.616. The van der Waals surface area contributed by atoms with Gasteiger partial charge < -0.3 is 5.32 Å². The predicted octanol–water partition coefficient (Wildman–Crippen LogP) is 4.15. The molecule has 1 aromatic carbocycles. The minimum absolute atomic E-state index is 0.278. The third-order valence-corrected chi connectivity index (χ3v) is 4.77. The molecule has 0 amide bonds. The van der Waals surface area contributed by atoms with Crippen molar-refractivity contribution in [2.24, 2.45) is 0 Å². The number of nitrogens with one attached hydrogen (secondary N) is 1. The number of hydrogen-bond acceptors (Lipinski definition) is 6. The number of hydrogen-bond donors (Lipinski definition) is 1. The number of pyridine rings is 1. The molecule has 22 heavy (non-hydrogen) atoms. The number of aryl methyl sites for hydroxylation is 1. The van der Waals surface area contributed by atoms with Crippen LogP contribution >= 0.6 is 23.1 Å². The highest BCUT2D eigenvalue weighted by Crippen LogP contribution is 2.28.